The Morgan fingerprint density at radius 1 is 1.19 bits per heavy atom. The Hall–Kier alpha value is -3.06. The number of nitrogens with one attached hydrogen (secondary N) is 1. The van der Waals surface area contributed by atoms with Crippen LogP contribution in [-0.4, -0.2) is 43.4 Å². The maximum atomic E-state index is 12.7. The van der Waals surface area contributed by atoms with Gasteiger partial charge in [-0.25, -0.2) is 4.68 Å². The van der Waals surface area contributed by atoms with E-state index in [1.54, 1.807) is 6.20 Å². The lowest BCUT2D eigenvalue weighted by Gasteiger charge is -2.30. The molecular formula is C24H30N6O. The van der Waals surface area contributed by atoms with Crippen molar-refractivity contribution in [1.29, 1.82) is 0 Å². The molecule has 0 saturated heterocycles. The Balaban J connectivity index is 1.55. The number of pyridine rings is 1. The minimum absolute atomic E-state index is 0.0762. The molecule has 1 N–H and O–H groups in total. The van der Waals surface area contributed by atoms with Gasteiger partial charge in [-0.2, -0.15) is 0 Å². The van der Waals surface area contributed by atoms with Crippen molar-refractivity contribution in [2.45, 2.75) is 53.2 Å². The van der Waals surface area contributed by atoms with E-state index < -0.39 is 0 Å². The van der Waals surface area contributed by atoms with Crippen molar-refractivity contribution in [2.75, 3.05) is 6.54 Å². The monoisotopic (exact) mass is 418 g/mol. The predicted molar refractivity (Wildman–Crippen MR) is 120 cm³/mol. The van der Waals surface area contributed by atoms with E-state index >= 15 is 0 Å². The second-order valence-corrected chi connectivity index (χ2v) is 8.68. The number of carbonyl (C=O) groups excluding carboxylic acids is 1. The van der Waals surface area contributed by atoms with Crippen molar-refractivity contribution < 1.29 is 4.79 Å². The molecule has 0 bridgehead atoms. The zero-order chi connectivity index (χ0) is 22.0. The molecule has 2 aromatic heterocycles. The van der Waals surface area contributed by atoms with Crippen molar-refractivity contribution in [3.8, 4) is 5.69 Å². The van der Waals surface area contributed by atoms with Gasteiger partial charge in [0.15, 0.2) is 5.69 Å². The molecule has 1 amide bonds. The molecule has 1 atom stereocenters. The van der Waals surface area contributed by atoms with E-state index in [0.29, 0.717) is 11.6 Å². The normalized spacial score (nSPS) is 15.0. The highest BCUT2D eigenvalue weighted by Gasteiger charge is 2.24. The minimum atomic E-state index is -0.169. The van der Waals surface area contributed by atoms with Crippen molar-refractivity contribution in [3.63, 3.8) is 0 Å². The summed E-state index contributed by atoms with van der Waals surface area (Å²) in [6.45, 7) is 10.8. The summed E-state index contributed by atoms with van der Waals surface area (Å²) in [4.78, 5) is 19.3. The fraction of sp³-hybridized carbons (Fsp3) is 0.417. The summed E-state index contributed by atoms with van der Waals surface area (Å²) < 4.78 is 1.81. The van der Waals surface area contributed by atoms with Gasteiger partial charge in [-0.05, 0) is 55.0 Å². The SMILES string of the molecule is Cc1c(C(=O)N[C@@H](C)C(C)C)nnn1-c1cccc2c1CCN(Cc1cccnc1)C2. The van der Waals surface area contributed by atoms with Crippen LogP contribution < -0.4 is 5.32 Å². The highest BCUT2D eigenvalue weighted by molar-refractivity contribution is 5.93. The van der Waals surface area contributed by atoms with Crippen LogP contribution in [0.1, 0.15) is 53.6 Å². The Bertz CT molecular complexity index is 1060. The highest BCUT2D eigenvalue weighted by Crippen LogP contribution is 2.27. The summed E-state index contributed by atoms with van der Waals surface area (Å²) >= 11 is 0. The van der Waals surface area contributed by atoms with Gasteiger partial charge in [0.1, 0.15) is 0 Å². The first-order valence-corrected chi connectivity index (χ1v) is 10.9. The van der Waals surface area contributed by atoms with Crippen LogP contribution in [0.25, 0.3) is 5.69 Å². The lowest BCUT2D eigenvalue weighted by molar-refractivity contribution is 0.0924. The van der Waals surface area contributed by atoms with Crippen LogP contribution in [0, 0.1) is 12.8 Å². The molecule has 3 aromatic rings. The highest BCUT2D eigenvalue weighted by atomic mass is 16.2. The van der Waals surface area contributed by atoms with Crippen LogP contribution in [-0.2, 0) is 19.5 Å². The number of amides is 1. The van der Waals surface area contributed by atoms with E-state index in [0.717, 1.165) is 37.4 Å². The van der Waals surface area contributed by atoms with Gasteiger partial charge in [-0.1, -0.05) is 37.3 Å². The molecule has 1 aliphatic heterocycles. The first-order valence-electron chi connectivity index (χ1n) is 10.9. The third-order valence-corrected chi connectivity index (χ3v) is 6.15. The van der Waals surface area contributed by atoms with E-state index in [2.05, 4.69) is 63.6 Å². The van der Waals surface area contributed by atoms with Gasteiger partial charge in [0.05, 0.1) is 11.4 Å². The van der Waals surface area contributed by atoms with E-state index in [-0.39, 0.29) is 11.9 Å². The second kappa shape index (κ2) is 8.98. The Morgan fingerprint density at radius 3 is 2.77 bits per heavy atom. The molecule has 0 fully saturated rings. The molecule has 0 saturated carbocycles. The maximum absolute atomic E-state index is 12.7. The summed E-state index contributed by atoms with van der Waals surface area (Å²) in [6, 6.07) is 10.5. The fourth-order valence-corrected chi connectivity index (χ4v) is 3.94. The van der Waals surface area contributed by atoms with Crippen molar-refractivity contribution >= 4 is 5.91 Å². The number of hydrogen-bond donors (Lipinski definition) is 1. The lowest BCUT2D eigenvalue weighted by atomic mass is 9.97. The van der Waals surface area contributed by atoms with Gasteiger partial charge in [0.25, 0.3) is 5.91 Å². The zero-order valence-corrected chi connectivity index (χ0v) is 18.7. The van der Waals surface area contributed by atoms with Crippen LogP contribution in [0.15, 0.2) is 42.7 Å². The molecule has 162 valence electrons. The second-order valence-electron chi connectivity index (χ2n) is 8.68. The molecule has 0 radical (unpaired) electrons. The molecule has 4 rings (SSSR count). The van der Waals surface area contributed by atoms with Gasteiger partial charge < -0.3 is 5.32 Å². The maximum Gasteiger partial charge on any atom is 0.273 e. The molecule has 1 aromatic carbocycles. The summed E-state index contributed by atoms with van der Waals surface area (Å²) in [5.41, 5.74) is 5.96. The van der Waals surface area contributed by atoms with Gasteiger partial charge in [0, 0.05) is 38.1 Å². The van der Waals surface area contributed by atoms with Crippen molar-refractivity contribution in [1.82, 2.24) is 30.2 Å². The number of carbonyl (C=O) groups is 1. The first kappa shape index (κ1) is 21.2. The van der Waals surface area contributed by atoms with Crippen LogP contribution in [0.4, 0.5) is 0 Å². The quantitative estimate of drug-likeness (QED) is 0.665. The van der Waals surface area contributed by atoms with Crippen LogP contribution >= 0.6 is 0 Å². The molecule has 0 unspecified atom stereocenters. The molecular weight excluding hydrogens is 388 g/mol. The fourth-order valence-electron chi connectivity index (χ4n) is 3.94. The standard InChI is InChI=1S/C24H30N6O/c1-16(2)17(3)26-24(31)23-18(4)30(28-27-23)22-9-5-8-20-15-29(12-10-21(20)22)14-19-7-6-11-25-13-19/h5-9,11,13,16-17H,10,12,14-15H2,1-4H3,(H,26,31)/t17-/m0/s1. The number of benzene rings is 1. The van der Waals surface area contributed by atoms with Crippen molar-refractivity contribution in [2.24, 2.45) is 5.92 Å². The number of rotatable bonds is 6. The molecule has 0 aliphatic carbocycles. The average Bonchev–Trinajstić information content (AvgIpc) is 3.15. The molecule has 1 aliphatic rings. The van der Waals surface area contributed by atoms with E-state index in [1.807, 2.05) is 30.8 Å². The summed E-state index contributed by atoms with van der Waals surface area (Å²) in [6.07, 6.45) is 4.66. The zero-order valence-electron chi connectivity index (χ0n) is 18.7. The molecule has 0 spiro atoms. The number of hydrogen-bond acceptors (Lipinski definition) is 5. The summed E-state index contributed by atoms with van der Waals surface area (Å²) in [5.74, 6) is 0.187. The Kier molecular flexibility index (Phi) is 6.13. The van der Waals surface area contributed by atoms with Gasteiger partial charge in [0.2, 0.25) is 0 Å². The summed E-state index contributed by atoms with van der Waals surface area (Å²) in [5, 5.41) is 11.6. The largest absolute Gasteiger partial charge is 0.348 e. The Labute approximate surface area is 183 Å². The van der Waals surface area contributed by atoms with Gasteiger partial charge in [-0.3, -0.25) is 14.7 Å². The van der Waals surface area contributed by atoms with Crippen LogP contribution in [0.3, 0.4) is 0 Å². The lowest BCUT2D eigenvalue weighted by Crippen LogP contribution is -2.36. The van der Waals surface area contributed by atoms with Crippen molar-refractivity contribution in [3.05, 3.63) is 70.8 Å². The molecule has 31 heavy (non-hydrogen) atoms. The first-order chi connectivity index (χ1) is 14.9. The minimum Gasteiger partial charge on any atom is -0.348 e. The topological polar surface area (TPSA) is 75.9 Å². The van der Waals surface area contributed by atoms with E-state index in [4.69, 9.17) is 0 Å². The Morgan fingerprint density at radius 2 is 2.03 bits per heavy atom. The van der Waals surface area contributed by atoms with Gasteiger partial charge >= 0.3 is 0 Å². The van der Waals surface area contributed by atoms with E-state index in [1.165, 1.54) is 16.7 Å². The molecule has 3 heterocycles. The van der Waals surface area contributed by atoms with E-state index in [9.17, 15) is 4.79 Å². The molecule has 7 heteroatoms. The summed E-state index contributed by atoms with van der Waals surface area (Å²) in [7, 11) is 0. The smallest absolute Gasteiger partial charge is 0.273 e. The third-order valence-electron chi connectivity index (χ3n) is 6.15. The van der Waals surface area contributed by atoms with Crippen LogP contribution in [0.5, 0.6) is 0 Å². The average molecular weight is 419 g/mol. The number of aromatic nitrogens is 4. The number of fused-ring (bicyclic) bond motifs is 1. The van der Waals surface area contributed by atoms with Crippen LogP contribution in [0.2, 0.25) is 0 Å². The van der Waals surface area contributed by atoms with Gasteiger partial charge in [-0.15, -0.1) is 5.10 Å². The predicted octanol–water partition coefficient (Wildman–Crippen LogP) is 3.30. The third kappa shape index (κ3) is 4.51. The number of nitrogens with zero attached hydrogens (tertiary/aromatic N) is 5. The molecule has 7 nitrogen and oxygen atoms in total.